The van der Waals surface area contributed by atoms with Crippen LogP contribution in [0.25, 0.3) is 0 Å². The first-order chi connectivity index (χ1) is 4.83. The molecule has 1 atom stereocenters. The van der Waals surface area contributed by atoms with Crippen LogP contribution in [0.3, 0.4) is 0 Å². The minimum atomic E-state index is 0.189. The van der Waals surface area contributed by atoms with Gasteiger partial charge in [-0.25, -0.2) is 0 Å². The van der Waals surface area contributed by atoms with Crippen LogP contribution in [-0.4, -0.2) is 30.1 Å². The van der Waals surface area contributed by atoms with Crippen LogP contribution in [0.5, 0.6) is 0 Å². The first-order valence-corrected chi connectivity index (χ1v) is 4.26. The number of aliphatic hydroxyl groups excluding tert-OH is 1. The van der Waals surface area contributed by atoms with Crippen molar-refractivity contribution in [1.82, 2.24) is 5.32 Å². The number of rotatable bonds is 3. The van der Waals surface area contributed by atoms with E-state index in [1.807, 2.05) is 6.08 Å². The lowest BCUT2D eigenvalue weighted by atomic mass is 10.3. The Balaban J connectivity index is 2.18. The van der Waals surface area contributed by atoms with E-state index < -0.39 is 0 Å². The van der Waals surface area contributed by atoms with E-state index in [2.05, 4.69) is 5.32 Å². The topological polar surface area (TPSA) is 58.3 Å². The molecule has 1 unspecified atom stereocenters. The molecule has 1 aliphatic heterocycles. The smallest absolute Gasteiger partial charge is 0.0631 e. The molecule has 0 aromatic heterocycles. The lowest BCUT2D eigenvalue weighted by molar-refractivity contribution is 0.290. The number of aliphatic hydroxyl groups is 1. The third kappa shape index (κ3) is 2.21. The largest absolute Gasteiger partial charge is 0.395 e. The van der Waals surface area contributed by atoms with Gasteiger partial charge in [0.2, 0.25) is 0 Å². The molecule has 1 heterocycles. The summed E-state index contributed by atoms with van der Waals surface area (Å²) in [5.41, 5.74) is 5.52. The summed E-state index contributed by atoms with van der Waals surface area (Å²) in [6.45, 7) is 0.837. The molecule has 0 fully saturated rings. The van der Waals surface area contributed by atoms with Crippen molar-refractivity contribution in [3.63, 3.8) is 0 Å². The van der Waals surface area contributed by atoms with Crippen LogP contribution in [0.4, 0.5) is 0 Å². The Morgan fingerprint density at radius 1 is 1.90 bits per heavy atom. The zero-order valence-corrected chi connectivity index (χ0v) is 6.53. The second-order valence-electron chi connectivity index (χ2n) is 2.16. The molecule has 0 spiro atoms. The summed E-state index contributed by atoms with van der Waals surface area (Å²) >= 11 is 1.65. The Morgan fingerprint density at radius 3 is 3.20 bits per heavy atom. The first kappa shape index (κ1) is 7.91. The highest BCUT2D eigenvalue weighted by molar-refractivity contribution is 8.03. The predicted octanol–water partition coefficient (Wildman–Crippen LogP) is -0.516. The van der Waals surface area contributed by atoms with Gasteiger partial charge in [-0.05, 0) is 6.08 Å². The summed E-state index contributed by atoms with van der Waals surface area (Å²) in [6, 6.07) is 0.358. The van der Waals surface area contributed by atoms with Gasteiger partial charge in [-0.2, -0.15) is 0 Å². The number of nitrogens with one attached hydrogen (secondary N) is 1. The average Bonchev–Trinajstić information content (AvgIpc) is 2.31. The van der Waals surface area contributed by atoms with E-state index in [9.17, 15) is 0 Å². The van der Waals surface area contributed by atoms with Crippen molar-refractivity contribution in [2.45, 2.75) is 6.04 Å². The van der Waals surface area contributed by atoms with Gasteiger partial charge in [-0.1, -0.05) is 0 Å². The quantitative estimate of drug-likeness (QED) is 0.520. The Labute approximate surface area is 64.7 Å². The SMILES string of the molecule is NC1=CC(NCCO)CS1. The second kappa shape index (κ2) is 3.85. The number of hydrogen-bond donors (Lipinski definition) is 3. The third-order valence-electron chi connectivity index (χ3n) is 1.31. The highest BCUT2D eigenvalue weighted by Crippen LogP contribution is 2.19. The molecule has 0 bridgehead atoms. The number of nitrogens with two attached hydrogens (primary N) is 1. The fraction of sp³-hybridized carbons (Fsp3) is 0.667. The maximum Gasteiger partial charge on any atom is 0.0631 e. The lowest BCUT2D eigenvalue weighted by Gasteiger charge is -2.06. The molecule has 4 heteroatoms. The predicted molar refractivity (Wildman–Crippen MR) is 43.6 cm³/mol. The van der Waals surface area contributed by atoms with E-state index in [1.54, 1.807) is 11.8 Å². The first-order valence-electron chi connectivity index (χ1n) is 3.27. The highest BCUT2D eigenvalue weighted by Gasteiger charge is 2.12. The van der Waals surface area contributed by atoms with Gasteiger partial charge < -0.3 is 16.2 Å². The monoisotopic (exact) mass is 160 g/mol. The normalized spacial score (nSPS) is 24.9. The molecule has 1 rings (SSSR count). The van der Waals surface area contributed by atoms with Gasteiger partial charge in [0.05, 0.1) is 11.6 Å². The molecule has 0 radical (unpaired) electrons. The van der Waals surface area contributed by atoms with Crippen LogP contribution in [0.15, 0.2) is 11.1 Å². The summed E-state index contributed by atoms with van der Waals surface area (Å²) in [6.07, 6.45) is 1.99. The van der Waals surface area contributed by atoms with Crippen molar-refractivity contribution in [2.75, 3.05) is 18.9 Å². The van der Waals surface area contributed by atoms with E-state index in [0.717, 1.165) is 10.8 Å². The van der Waals surface area contributed by atoms with Gasteiger partial charge >= 0.3 is 0 Å². The van der Waals surface area contributed by atoms with Crippen LogP contribution in [0.2, 0.25) is 0 Å². The van der Waals surface area contributed by atoms with Crippen molar-refractivity contribution in [3.05, 3.63) is 11.1 Å². The van der Waals surface area contributed by atoms with Crippen LogP contribution in [-0.2, 0) is 0 Å². The van der Waals surface area contributed by atoms with Crippen LogP contribution >= 0.6 is 11.8 Å². The summed E-state index contributed by atoms with van der Waals surface area (Å²) in [7, 11) is 0. The molecule has 0 amide bonds. The molecule has 4 N–H and O–H groups in total. The Morgan fingerprint density at radius 2 is 2.70 bits per heavy atom. The number of thioether (sulfide) groups is 1. The van der Waals surface area contributed by atoms with E-state index in [0.29, 0.717) is 12.6 Å². The molecule has 0 saturated heterocycles. The van der Waals surface area contributed by atoms with Crippen molar-refractivity contribution in [1.29, 1.82) is 0 Å². The van der Waals surface area contributed by atoms with E-state index in [-0.39, 0.29) is 6.61 Å². The maximum absolute atomic E-state index is 8.47. The van der Waals surface area contributed by atoms with Crippen LogP contribution in [0, 0.1) is 0 Å². The highest BCUT2D eigenvalue weighted by atomic mass is 32.2. The molecule has 3 nitrogen and oxygen atoms in total. The fourth-order valence-electron chi connectivity index (χ4n) is 0.848. The summed E-state index contributed by atoms with van der Waals surface area (Å²) in [4.78, 5) is 0. The summed E-state index contributed by atoms with van der Waals surface area (Å²) < 4.78 is 0. The molecule has 0 saturated carbocycles. The molecule has 0 aromatic carbocycles. The van der Waals surface area contributed by atoms with Crippen molar-refractivity contribution >= 4 is 11.8 Å². The van der Waals surface area contributed by atoms with Crippen LogP contribution < -0.4 is 11.1 Å². The summed E-state index contributed by atoms with van der Waals surface area (Å²) in [5.74, 6) is 0.992. The van der Waals surface area contributed by atoms with Crippen molar-refractivity contribution in [3.8, 4) is 0 Å². The van der Waals surface area contributed by atoms with Gasteiger partial charge in [0.15, 0.2) is 0 Å². The molecule has 1 aliphatic rings. The Bertz CT molecular complexity index is 138. The average molecular weight is 160 g/mol. The zero-order valence-electron chi connectivity index (χ0n) is 5.71. The van der Waals surface area contributed by atoms with E-state index in [1.165, 1.54) is 0 Å². The molecule has 0 aliphatic carbocycles. The van der Waals surface area contributed by atoms with Gasteiger partial charge in [0.25, 0.3) is 0 Å². The van der Waals surface area contributed by atoms with Crippen molar-refractivity contribution in [2.24, 2.45) is 5.73 Å². The Hall–Kier alpha value is -0.190. The van der Waals surface area contributed by atoms with Gasteiger partial charge in [0, 0.05) is 18.3 Å². The summed E-state index contributed by atoms with van der Waals surface area (Å²) in [5, 5.41) is 12.5. The minimum Gasteiger partial charge on any atom is -0.395 e. The van der Waals surface area contributed by atoms with Gasteiger partial charge in [0.1, 0.15) is 0 Å². The Kier molecular flexibility index (Phi) is 3.05. The molecule has 10 heavy (non-hydrogen) atoms. The van der Waals surface area contributed by atoms with Crippen LogP contribution in [0.1, 0.15) is 0 Å². The molecular weight excluding hydrogens is 148 g/mol. The molecular formula is C6H12N2OS. The standard InChI is InChI=1S/C6H12N2OS/c7-6-3-5(4-10-6)8-1-2-9/h3,5,8-9H,1-2,4,7H2. The third-order valence-corrected chi connectivity index (χ3v) is 2.31. The molecule has 58 valence electrons. The maximum atomic E-state index is 8.47. The minimum absolute atomic E-state index is 0.189. The fourth-order valence-corrected chi connectivity index (χ4v) is 1.69. The zero-order chi connectivity index (χ0) is 7.40. The van der Waals surface area contributed by atoms with Gasteiger partial charge in [-0.15, -0.1) is 11.8 Å². The lowest BCUT2D eigenvalue weighted by Crippen LogP contribution is -2.30. The second-order valence-corrected chi connectivity index (χ2v) is 3.26. The molecule has 0 aromatic rings. The van der Waals surface area contributed by atoms with E-state index in [4.69, 9.17) is 10.8 Å². The van der Waals surface area contributed by atoms with Gasteiger partial charge in [-0.3, -0.25) is 0 Å². The van der Waals surface area contributed by atoms with Crippen molar-refractivity contribution < 1.29 is 5.11 Å². The number of hydrogen-bond acceptors (Lipinski definition) is 4. The van der Waals surface area contributed by atoms with E-state index >= 15 is 0 Å².